The number of halogens is 1. The fraction of sp³-hybridized carbons (Fsp3) is 0.0435. The van der Waals surface area contributed by atoms with Crippen LogP contribution in [0, 0.1) is 0 Å². The molecule has 4 aromatic rings. The van der Waals surface area contributed by atoms with E-state index in [1.807, 2.05) is 24.3 Å². The molecule has 0 fully saturated rings. The Bertz CT molecular complexity index is 1250. The van der Waals surface area contributed by atoms with Gasteiger partial charge < -0.3 is 9.15 Å². The molecule has 7 nitrogen and oxygen atoms in total. The van der Waals surface area contributed by atoms with Crippen molar-refractivity contribution < 1.29 is 18.7 Å². The molecule has 160 valence electrons. The van der Waals surface area contributed by atoms with E-state index in [0.29, 0.717) is 27.1 Å². The molecule has 32 heavy (non-hydrogen) atoms. The van der Waals surface area contributed by atoms with Crippen molar-refractivity contribution in [2.75, 3.05) is 5.75 Å². The number of esters is 1. The van der Waals surface area contributed by atoms with Crippen molar-refractivity contribution in [1.82, 2.24) is 10.4 Å². The summed E-state index contributed by atoms with van der Waals surface area (Å²) in [6.07, 6.45) is 1.49. The SMILES string of the molecule is O=C(CSc1nc2ccccc2o1)N/N=C\c1ccc(OC(=O)c2cccc(Cl)c2)cc1. The first-order valence-electron chi connectivity index (χ1n) is 9.45. The van der Waals surface area contributed by atoms with Gasteiger partial charge in [0.2, 0.25) is 0 Å². The average Bonchev–Trinajstić information content (AvgIpc) is 3.22. The normalized spacial score (nSPS) is 11.0. The summed E-state index contributed by atoms with van der Waals surface area (Å²) in [6, 6.07) is 20.6. The maximum absolute atomic E-state index is 12.1. The van der Waals surface area contributed by atoms with Crippen LogP contribution in [0.2, 0.25) is 5.02 Å². The number of nitrogens with one attached hydrogen (secondary N) is 1. The Balaban J connectivity index is 1.25. The molecule has 0 aliphatic rings. The van der Waals surface area contributed by atoms with Gasteiger partial charge in [-0.25, -0.2) is 15.2 Å². The molecule has 1 heterocycles. The lowest BCUT2D eigenvalue weighted by Gasteiger charge is -2.05. The highest BCUT2D eigenvalue weighted by molar-refractivity contribution is 7.99. The maximum Gasteiger partial charge on any atom is 0.343 e. The number of thioether (sulfide) groups is 1. The zero-order valence-corrected chi connectivity index (χ0v) is 18.1. The van der Waals surface area contributed by atoms with Gasteiger partial charge in [-0.1, -0.05) is 41.6 Å². The Kier molecular flexibility index (Phi) is 6.84. The molecule has 0 aliphatic heterocycles. The Morgan fingerprint density at radius 3 is 2.69 bits per heavy atom. The van der Waals surface area contributed by atoms with Gasteiger partial charge in [0.15, 0.2) is 5.58 Å². The van der Waals surface area contributed by atoms with E-state index in [1.165, 1.54) is 24.0 Å². The molecule has 0 atom stereocenters. The molecule has 0 spiro atoms. The summed E-state index contributed by atoms with van der Waals surface area (Å²) < 4.78 is 10.9. The van der Waals surface area contributed by atoms with E-state index in [4.69, 9.17) is 20.8 Å². The quantitative estimate of drug-likeness (QED) is 0.136. The van der Waals surface area contributed by atoms with Crippen molar-refractivity contribution in [3.05, 3.63) is 88.9 Å². The number of hydrazone groups is 1. The number of amides is 1. The topological polar surface area (TPSA) is 93.8 Å². The lowest BCUT2D eigenvalue weighted by molar-refractivity contribution is -0.118. The predicted octanol–water partition coefficient (Wildman–Crippen LogP) is 4.94. The predicted molar refractivity (Wildman–Crippen MR) is 123 cm³/mol. The second-order valence-electron chi connectivity index (χ2n) is 6.50. The standard InChI is InChI=1S/C23H16ClN3O4S/c24-17-5-3-4-16(12-17)22(29)30-18-10-8-15(9-11-18)13-25-27-21(28)14-32-23-26-19-6-1-2-7-20(19)31-23/h1-13H,14H2,(H,27,28)/b25-13-. The van der Waals surface area contributed by atoms with E-state index < -0.39 is 5.97 Å². The highest BCUT2D eigenvalue weighted by atomic mass is 35.5. The Morgan fingerprint density at radius 1 is 1.09 bits per heavy atom. The van der Waals surface area contributed by atoms with E-state index in [0.717, 1.165) is 11.1 Å². The summed E-state index contributed by atoms with van der Waals surface area (Å²) in [6.45, 7) is 0. The van der Waals surface area contributed by atoms with E-state index in [1.54, 1.807) is 42.5 Å². The number of ether oxygens (including phenoxy) is 1. The lowest BCUT2D eigenvalue weighted by atomic mass is 10.2. The first-order valence-corrected chi connectivity index (χ1v) is 10.8. The fourth-order valence-corrected chi connectivity index (χ4v) is 3.48. The van der Waals surface area contributed by atoms with Gasteiger partial charge in [0, 0.05) is 5.02 Å². The Labute approximate surface area is 192 Å². The first kappa shape index (κ1) is 21.6. The first-order chi connectivity index (χ1) is 15.6. The molecule has 1 aromatic heterocycles. The summed E-state index contributed by atoms with van der Waals surface area (Å²) in [5, 5.41) is 4.82. The van der Waals surface area contributed by atoms with Gasteiger partial charge >= 0.3 is 5.97 Å². The van der Waals surface area contributed by atoms with Crippen LogP contribution < -0.4 is 10.2 Å². The number of hydrogen-bond acceptors (Lipinski definition) is 7. The zero-order chi connectivity index (χ0) is 22.3. The van der Waals surface area contributed by atoms with E-state index in [-0.39, 0.29) is 11.7 Å². The van der Waals surface area contributed by atoms with Crippen molar-refractivity contribution in [1.29, 1.82) is 0 Å². The van der Waals surface area contributed by atoms with Gasteiger partial charge in [-0.3, -0.25) is 4.79 Å². The molecular formula is C23H16ClN3O4S. The molecule has 0 saturated carbocycles. The summed E-state index contributed by atoms with van der Waals surface area (Å²) in [7, 11) is 0. The van der Waals surface area contributed by atoms with Crippen LogP contribution in [0.15, 0.2) is 87.5 Å². The number of oxazole rings is 1. The highest BCUT2D eigenvalue weighted by Gasteiger charge is 2.10. The Hall–Kier alpha value is -3.62. The summed E-state index contributed by atoms with van der Waals surface area (Å²) in [5.41, 5.74) is 4.96. The van der Waals surface area contributed by atoms with Crippen LogP contribution in [-0.4, -0.2) is 28.8 Å². The molecule has 0 bridgehead atoms. The highest BCUT2D eigenvalue weighted by Crippen LogP contribution is 2.22. The van der Waals surface area contributed by atoms with Gasteiger partial charge in [0.1, 0.15) is 11.3 Å². The molecular weight excluding hydrogens is 450 g/mol. The number of nitrogens with zero attached hydrogens (tertiary/aromatic N) is 2. The van der Waals surface area contributed by atoms with Crippen molar-refractivity contribution >= 4 is 52.6 Å². The van der Waals surface area contributed by atoms with Crippen molar-refractivity contribution in [3.63, 3.8) is 0 Å². The molecule has 1 N–H and O–H groups in total. The minimum atomic E-state index is -0.502. The number of carbonyl (C=O) groups is 2. The van der Waals surface area contributed by atoms with E-state index in [2.05, 4.69) is 15.5 Å². The van der Waals surface area contributed by atoms with Crippen molar-refractivity contribution in [2.24, 2.45) is 5.10 Å². The number of aromatic nitrogens is 1. The van der Waals surface area contributed by atoms with Crippen LogP contribution in [0.5, 0.6) is 5.75 Å². The average molecular weight is 466 g/mol. The Morgan fingerprint density at radius 2 is 1.91 bits per heavy atom. The third kappa shape index (κ3) is 5.75. The molecule has 0 saturated heterocycles. The van der Waals surface area contributed by atoms with Crippen LogP contribution in [0.25, 0.3) is 11.1 Å². The second-order valence-corrected chi connectivity index (χ2v) is 7.86. The number of rotatable bonds is 7. The summed E-state index contributed by atoms with van der Waals surface area (Å²) in [5.74, 6) is -0.299. The molecule has 9 heteroatoms. The molecule has 1 amide bonds. The third-order valence-electron chi connectivity index (χ3n) is 4.15. The van der Waals surface area contributed by atoms with Crippen LogP contribution in [0.1, 0.15) is 15.9 Å². The largest absolute Gasteiger partial charge is 0.431 e. The van der Waals surface area contributed by atoms with Crippen molar-refractivity contribution in [2.45, 2.75) is 5.22 Å². The minimum Gasteiger partial charge on any atom is -0.431 e. The lowest BCUT2D eigenvalue weighted by Crippen LogP contribution is -2.19. The van der Waals surface area contributed by atoms with Crippen molar-refractivity contribution in [3.8, 4) is 5.75 Å². The molecule has 3 aromatic carbocycles. The molecule has 4 rings (SSSR count). The van der Waals surface area contributed by atoms with Gasteiger partial charge in [-0.2, -0.15) is 5.10 Å². The van der Waals surface area contributed by atoms with Gasteiger partial charge in [0.05, 0.1) is 17.5 Å². The smallest absolute Gasteiger partial charge is 0.343 e. The number of hydrogen-bond donors (Lipinski definition) is 1. The van der Waals surface area contributed by atoms with Gasteiger partial charge in [0.25, 0.3) is 11.1 Å². The third-order valence-corrected chi connectivity index (χ3v) is 5.22. The second kappa shape index (κ2) is 10.1. The number of carbonyl (C=O) groups excluding carboxylic acids is 2. The molecule has 0 unspecified atom stereocenters. The number of fused-ring (bicyclic) bond motifs is 1. The maximum atomic E-state index is 12.1. The van der Waals surface area contributed by atoms with Crippen LogP contribution >= 0.6 is 23.4 Å². The van der Waals surface area contributed by atoms with E-state index >= 15 is 0 Å². The fourth-order valence-electron chi connectivity index (χ4n) is 2.65. The number of para-hydroxylation sites is 2. The monoisotopic (exact) mass is 465 g/mol. The van der Waals surface area contributed by atoms with Crippen LogP contribution in [0.3, 0.4) is 0 Å². The summed E-state index contributed by atoms with van der Waals surface area (Å²) >= 11 is 7.08. The van der Waals surface area contributed by atoms with Gasteiger partial charge in [-0.05, 0) is 60.2 Å². The van der Waals surface area contributed by atoms with Crippen LogP contribution in [-0.2, 0) is 4.79 Å². The summed E-state index contributed by atoms with van der Waals surface area (Å²) in [4.78, 5) is 28.4. The minimum absolute atomic E-state index is 0.114. The molecule has 0 aliphatic carbocycles. The molecule has 0 radical (unpaired) electrons. The number of benzene rings is 3. The van der Waals surface area contributed by atoms with Crippen LogP contribution in [0.4, 0.5) is 0 Å². The zero-order valence-electron chi connectivity index (χ0n) is 16.5. The van der Waals surface area contributed by atoms with Gasteiger partial charge in [-0.15, -0.1) is 0 Å². The van der Waals surface area contributed by atoms with E-state index in [9.17, 15) is 9.59 Å².